The van der Waals surface area contributed by atoms with Crippen LogP contribution >= 0.6 is 0 Å². The maximum Gasteiger partial charge on any atom is 0.416 e. The summed E-state index contributed by atoms with van der Waals surface area (Å²) >= 11 is 0. The zero-order valence-corrected chi connectivity index (χ0v) is 12.6. The summed E-state index contributed by atoms with van der Waals surface area (Å²) in [5, 5.41) is 12.9. The van der Waals surface area contributed by atoms with Gasteiger partial charge in [0.25, 0.3) is 5.88 Å². The molecule has 25 heavy (non-hydrogen) atoms. The van der Waals surface area contributed by atoms with Crippen molar-refractivity contribution in [2.45, 2.75) is 6.18 Å². The molecule has 2 aromatic carbocycles. The van der Waals surface area contributed by atoms with E-state index >= 15 is 0 Å². The molecule has 4 rings (SSSR count). The molecule has 2 aliphatic rings. The second-order valence-corrected chi connectivity index (χ2v) is 5.22. The molecule has 2 heterocycles. The molecule has 0 aromatic heterocycles. The van der Waals surface area contributed by atoms with Crippen LogP contribution in [0, 0.1) is 0 Å². The molecule has 1 radical (unpaired) electrons. The fourth-order valence-electron chi connectivity index (χ4n) is 2.52. The van der Waals surface area contributed by atoms with Gasteiger partial charge in [0.15, 0.2) is 0 Å². The lowest BCUT2D eigenvalue weighted by molar-refractivity contribution is -0.137. The monoisotopic (exact) mass is 349 g/mol. The third kappa shape index (κ3) is 2.69. The normalized spacial score (nSPS) is 15.8. The van der Waals surface area contributed by atoms with E-state index in [4.69, 9.17) is 0 Å². The SMILES string of the molecule is O.OC1=C2N=Cc3ccccc3N2[N]N1c1ccc(C(F)(F)F)cc1. The number of fused-ring (bicyclic) bond motifs is 3. The quantitative estimate of drug-likeness (QED) is 0.859. The third-order valence-corrected chi connectivity index (χ3v) is 3.71. The lowest BCUT2D eigenvalue weighted by Gasteiger charge is -2.23. The number of aliphatic hydroxyl groups excluding tert-OH is 1. The number of nitrogens with zero attached hydrogens (tertiary/aromatic N) is 4. The van der Waals surface area contributed by atoms with Crippen molar-refractivity contribution in [2.24, 2.45) is 4.99 Å². The fraction of sp³-hybridized carbons (Fsp3) is 0.0625. The van der Waals surface area contributed by atoms with Gasteiger partial charge in [-0.15, -0.1) is 0 Å². The van der Waals surface area contributed by atoms with Crippen LogP contribution in [0.3, 0.4) is 0 Å². The van der Waals surface area contributed by atoms with Crippen LogP contribution in [0.2, 0.25) is 0 Å². The molecule has 0 bridgehead atoms. The molecule has 0 spiro atoms. The molecule has 129 valence electrons. The minimum atomic E-state index is -4.41. The van der Waals surface area contributed by atoms with E-state index in [1.165, 1.54) is 17.1 Å². The Bertz CT molecular complexity index is 862. The predicted molar refractivity (Wildman–Crippen MR) is 85.8 cm³/mol. The lowest BCUT2D eigenvalue weighted by Crippen LogP contribution is -2.35. The average molecular weight is 349 g/mol. The highest BCUT2D eigenvalue weighted by Crippen LogP contribution is 2.36. The molecule has 0 saturated heterocycles. The summed E-state index contributed by atoms with van der Waals surface area (Å²) in [6, 6.07) is 11.7. The van der Waals surface area contributed by atoms with Gasteiger partial charge in [0.05, 0.1) is 16.9 Å². The van der Waals surface area contributed by atoms with Gasteiger partial charge in [0.2, 0.25) is 5.82 Å². The summed E-state index contributed by atoms with van der Waals surface area (Å²) in [6.45, 7) is 0. The predicted octanol–water partition coefficient (Wildman–Crippen LogP) is 2.76. The van der Waals surface area contributed by atoms with E-state index in [-0.39, 0.29) is 17.2 Å². The number of para-hydroxylation sites is 1. The highest BCUT2D eigenvalue weighted by molar-refractivity contribution is 5.92. The van der Waals surface area contributed by atoms with Crippen LogP contribution < -0.4 is 15.6 Å². The van der Waals surface area contributed by atoms with Crippen LogP contribution in [-0.2, 0) is 6.18 Å². The first kappa shape index (κ1) is 16.8. The van der Waals surface area contributed by atoms with Crippen molar-refractivity contribution in [1.82, 2.24) is 5.53 Å². The average Bonchev–Trinajstić information content (AvgIpc) is 2.92. The van der Waals surface area contributed by atoms with Crippen molar-refractivity contribution >= 4 is 17.6 Å². The Labute approximate surface area is 140 Å². The molecule has 0 atom stereocenters. The number of hydrogen-bond donors (Lipinski definition) is 1. The molecule has 6 nitrogen and oxygen atoms in total. The van der Waals surface area contributed by atoms with Gasteiger partial charge in [-0.25, -0.2) is 15.0 Å². The van der Waals surface area contributed by atoms with Crippen LogP contribution in [0.1, 0.15) is 11.1 Å². The standard InChI is InChI=1S/C16H10F3N4O.H2O/c17-16(18,19)11-5-7-12(8-6-11)22-15(24)14-20-9-10-3-1-2-4-13(10)23(14)21-22;/h1-9,24H;1H2. The summed E-state index contributed by atoms with van der Waals surface area (Å²) in [4.78, 5) is 4.16. The van der Waals surface area contributed by atoms with E-state index < -0.39 is 11.7 Å². The highest BCUT2D eigenvalue weighted by Gasteiger charge is 2.36. The second kappa shape index (κ2) is 5.80. The first-order valence-corrected chi connectivity index (χ1v) is 7.00. The van der Waals surface area contributed by atoms with Crippen molar-refractivity contribution in [2.75, 3.05) is 10.0 Å². The van der Waals surface area contributed by atoms with Crippen molar-refractivity contribution in [3.8, 4) is 0 Å². The number of benzene rings is 2. The summed E-state index contributed by atoms with van der Waals surface area (Å²) in [5.41, 5.74) is 5.33. The molecule has 0 amide bonds. The Kier molecular flexibility index (Phi) is 3.90. The minimum Gasteiger partial charge on any atom is -0.491 e. The van der Waals surface area contributed by atoms with Gasteiger partial charge in [0.1, 0.15) is 0 Å². The van der Waals surface area contributed by atoms with Crippen LogP contribution in [-0.4, -0.2) is 16.8 Å². The van der Waals surface area contributed by atoms with E-state index in [9.17, 15) is 18.3 Å². The first-order chi connectivity index (χ1) is 11.4. The molecule has 0 fully saturated rings. The zero-order valence-electron chi connectivity index (χ0n) is 12.6. The fourth-order valence-corrected chi connectivity index (χ4v) is 2.52. The summed E-state index contributed by atoms with van der Waals surface area (Å²) in [7, 11) is 0. The number of anilines is 2. The van der Waals surface area contributed by atoms with E-state index in [0.29, 0.717) is 5.69 Å². The zero-order chi connectivity index (χ0) is 16.9. The Morgan fingerprint density at radius 1 is 0.920 bits per heavy atom. The largest absolute Gasteiger partial charge is 0.491 e. The number of hydrogen-bond acceptors (Lipinski definition) is 4. The summed E-state index contributed by atoms with van der Waals surface area (Å²) in [5.74, 6) is -0.0332. The first-order valence-electron chi connectivity index (χ1n) is 7.00. The molecule has 0 unspecified atom stereocenters. The summed E-state index contributed by atoms with van der Waals surface area (Å²) in [6.07, 6.45) is -2.81. The maximum atomic E-state index is 12.7. The van der Waals surface area contributed by atoms with Crippen molar-refractivity contribution in [3.63, 3.8) is 0 Å². The van der Waals surface area contributed by atoms with E-state index in [0.717, 1.165) is 28.4 Å². The molecule has 9 heteroatoms. The van der Waals surface area contributed by atoms with Gasteiger partial charge < -0.3 is 10.6 Å². The molecule has 0 saturated carbocycles. The van der Waals surface area contributed by atoms with Crippen LogP contribution in [0.5, 0.6) is 0 Å². The van der Waals surface area contributed by atoms with E-state index in [1.807, 2.05) is 24.3 Å². The minimum absolute atomic E-state index is 0. The third-order valence-electron chi connectivity index (χ3n) is 3.71. The van der Waals surface area contributed by atoms with Crippen molar-refractivity contribution in [3.05, 3.63) is 71.4 Å². The molecule has 3 N–H and O–H groups in total. The van der Waals surface area contributed by atoms with Crippen LogP contribution in [0.25, 0.3) is 0 Å². The maximum absolute atomic E-state index is 12.7. The Balaban J connectivity index is 0.00000182. The van der Waals surface area contributed by atoms with Gasteiger partial charge in [-0.3, -0.25) is 0 Å². The number of alkyl halides is 3. The lowest BCUT2D eigenvalue weighted by atomic mass is 10.1. The summed E-state index contributed by atoms with van der Waals surface area (Å²) < 4.78 is 38.0. The Hall–Kier alpha value is -3.04. The van der Waals surface area contributed by atoms with Gasteiger partial charge in [-0.05, 0) is 35.9 Å². The number of aliphatic hydroxyl groups is 1. The molecular weight excluding hydrogens is 337 g/mol. The van der Waals surface area contributed by atoms with E-state index in [1.54, 1.807) is 6.21 Å². The molecule has 2 aromatic rings. The Morgan fingerprint density at radius 2 is 1.60 bits per heavy atom. The van der Waals surface area contributed by atoms with Crippen LogP contribution in [0.4, 0.5) is 24.5 Å². The molecule has 0 aliphatic carbocycles. The van der Waals surface area contributed by atoms with Gasteiger partial charge in [0, 0.05) is 11.8 Å². The second-order valence-electron chi connectivity index (χ2n) is 5.22. The van der Waals surface area contributed by atoms with E-state index in [2.05, 4.69) is 10.5 Å². The van der Waals surface area contributed by atoms with Gasteiger partial charge in [-0.2, -0.15) is 13.2 Å². The van der Waals surface area contributed by atoms with Gasteiger partial charge in [-0.1, -0.05) is 18.2 Å². The van der Waals surface area contributed by atoms with Crippen molar-refractivity contribution in [1.29, 1.82) is 0 Å². The number of halogens is 3. The number of rotatable bonds is 1. The Morgan fingerprint density at radius 3 is 2.28 bits per heavy atom. The van der Waals surface area contributed by atoms with Gasteiger partial charge >= 0.3 is 6.18 Å². The van der Waals surface area contributed by atoms with Crippen molar-refractivity contribution < 1.29 is 23.8 Å². The highest BCUT2D eigenvalue weighted by atomic mass is 19.4. The van der Waals surface area contributed by atoms with Crippen LogP contribution in [0.15, 0.2) is 65.2 Å². The molecular formula is C16H12F3N4O2. The molecule has 2 aliphatic heterocycles. The smallest absolute Gasteiger partial charge is 0.416 e. The topological polar surface area (TPSA) is 84.7 Å². The number of aliphatic imine (C=N–C) groups is 1.